The molecule has 1 aliphatic heterocycles. The van der Waals surface area contributed by atoms with Crippen LogP contribution < -0.4 is 4.72 Å². The molecule has 0 radical (unpaired) electrons. The Kier molecular flexibility index (Phi) is 4.36. The zero-order valence-electron chi connectivity index (χ0n) is 13.7. The Hall–Kier alpha value is -1.94. The first-order valence-corrected chi connectivity index (χ1v) is 10.9. The Balaban J connectivity index is 1.99. The van der Waals surface area contributed by atoms with Crippen LogP contribution >= 0.6 is 0 Å². The van der Waals surface area contributed by atoms with Crippen molar-refractivity contribution in [1.82, 2.24) is 9.78 Å². The molecule has 1 saturated heterocycles. The first-order valence-electron chi connectivity index (χ1n) is 7.64. The van der Waals surface area contributed by atoms with Crippen molar-refractivity contribution in [2.24, 2.45) is 0 Å². The van der Waals surface area contributed by atoms with Gasteiger partial charge in [-0.1, -0.05) is 12.1 Å². The molecular weight excluding hydrogens is 369 g/mol. The van der Waals surface area contributed by atoms with Gasteiger partial charge in [-0.2, -0.15) is 5.10 Å². The van der Waals surface area contributed by atoms with Crippen molar-refractivity contribution >= 4 is 25.5 Å². The summed E-state index contributed by atoms with van der Waals surface area (Å²) >= 11 is 0. The number of aromatic nitrogens is 2. The largest absolute Gasteiger partial charge is 0.277 e. The van der Waals surface area contributed by atoms with Crippen LogP contribution in [-0.2, 0) is 19.9 Å². The molecule has 0 saturated carbocycles. The fraction of sp³-hybridized carbons (Fsp3) is 0.400. The second-order valence-electron chi connectivity index (χ2n) is 6.09. The summed E-state index contributed by atoms with van der Waals surface area (Å²) in [6.07, 6.45) is 0.393. The van der Waals surface area contributed by atoms with Crippen LogP contribution in [0.4, 0.5) is 10.1 Å². The van der Waals surface area contributed by atoms with Crippen LogP contribution in [-0.4, -0.2) is 38.1 Å². The van der Waals surface area contributed by atoms with E-state index in [-0.39, 0.29) is 33.8 Å². The molecule has 136 valence electrons. The van der Waals surface area contributed by atoms with Crippen molar-refractivity contribution in [2.75, 3.05) is 16.2 Å². The van der Waals surface area contributed by atoms with Crippen molar-refractivity contribution < 1.29 is 21.2 Å². The zero-order valence-corrected chi connectivity index (χ0v) is 15.4. The summed E-state index contributed by atoms with van der Waals surface area (Å²) < 4.78 is 66.2. The van der Waals surface area contributed by atoms with Crippen LogP contribution in [0.1, 0.15) is 23.9 Å². The molecule has 1 aromatic heterocycles. The molecule has 1 fully saturated rings. The third kappa shape index (κ3) is 3.40. The van der Waals surface area contributed by atoms with Crippen molar-refractivity contribution in [2.45, 2.75) is 31.2 Å². The number of rotatable bonds is 4. The van der Waals surface area contributed by atoms with Gasteiger partial charge in [0.2, 0.25) is 0 Å². The van der Waals surface area contributed by atoms with Crippen LogP contribution in [0.15, 0.2) is 29.2 Å². The molecule has 1 aliphatic rings. The molecule has 0 unspecified atom stereocenters. The Morgan fingerprint density at radius 1 is 1.28 bits per heavy atom. The normalized spacial score (nSPS) is 19.9. The molecule has 0 aliphatic carbocycles. The van der Waals surface area contributed by atoms with Gasteiger partial charge in [0.1, 0.15) is 10.7 Å². The molecule has 1 N–H and O–H groups in total. The van der Waals surface area contributed by atoms with E-state index < -0.39 is 25.7 Å². The lowest BCUT2D eigenvalue weighted by atomic mass is 10.2. The maximum absolute atomic E-state index is 13.8. The summed E-state index contributed by atoms with van der Waals surface area (Å²) in [6.45, 7) is 3.10. The van der Waals surface area contributed by atoms with Crippen LogP contribution in [0.25, 0.3) is 0 Å². The number of sulfone groups is 1. The smallest absolute Gasteiger partial charge is 0.265 e. The number of nitrogens with one attached hydrogen (secondary N) is 1. The Bertz CT molecular complexity index is 1030. The molecule has 0 amide bonds. The van der Waals surface area contributed by atoms with Gasteiger partial charge in [0.25, 0.3) is 10.0 Å². The third-order valence-corrected chi connectivity index (χ3v) is 7.57. The highest BCUT2D eigenvalue weighted by Gasteiger charge is 2.34. The highest BCUT2D eigenvalue weighted by Crippen LogP contribution is 2.30. The first kappa shape index (κ1) is 17.9. The van der Waals surface area contributed by atoms with Crippen molar-refractivity contribution in [3.8, 4) is 0 Å². The van der Waals surface area contributed by atoms with Crippen molar-refractivity contribution in [3.63, 3.8) is 0 Å². The van der Waals surface area contributed by atoms with Crippen LogP contribution in [0.5, 0.6) is 0 Å². The average molecular weight is 387 g/mol. The van der Waals surface area contributed by atoms with Gasteiger partial charge in [-0.25, -0.2) is 21.2 Å². The summed E-state index contributed by atoms with van der Waals surface area (Å²) in [5.74, 6) is -0.684. The van der Waals surface area contributed by atoms with Crippen molar-refractivity contribution in [1.29, 1.82) is 0 Å². The molecule has 10 heteroatoms. The highest BCUT2D eigenvalue weighted by molar-refractivity contribution is 7.92. The van der Waals surface area contributed by atoms with Gasteiger partial charge in [0.05, 0.1) is 34.6 Å². The van der Waals surface area contributed by atoms with E-state index in [9.17, 15) is 21.2 Å². The lowest BCUT2D eigenvalue weighted by Gasteiger charge is -2.12. The lowest BCUT2D eigenvalue weighted by Crippen LogP contribution is -2.17. The Morgan fingerprint density at radius 3 is 2.56 bits per heavy atom. The number of anilines is 1. The molecule has 7 nitrogen and oxygen atoms in total. The second kappa shape index (κ2) is 6.10. The van der Waals surface area contributed by atoms with Crippen LogP contribution in [0, 0.1) is 19.7 Å². The monoisotopic (exact) mass is 387 g/mol. The van der Waals surface area contributed by atoms with Crippen molar-refractivity contribution in [3.05, 3.63) is 41.5 Å². The quantitative estimate of drug-likeness (QED) is 0.863. The van der Waals surface area contributed by atoms with E-state index >= 15 is 0 Å². The number of hydrogen-bond acceptors (Lipinski definition) is 5. The first-order chi connectivity index (χ1) is 11.6. The van der Waals surface area contributed by atoms with E-state index in [1.807, 2.05) is 0 Å². The molecule has 25 heavy (non-hydrogen) atoms. The third-order valence-electron chi connectivity index (χ3n) is 4.20. The molecule has 1 atom stereocenters. The van der Waals surface area contributed by atoms with Gasteiger partial charge >= 0.3 is 0 Å². The fourth-order valence-electron chi connectivity index (χ4n) is 3.10. The van der Waals surface area contributed by atoms with Crippen LogP contribution in [0.3, 0.4) is 0 Å². The minimum absolute atomic E-state index is 0.0555. The van der Waals surface area contributed by atoms with E-state index in [1.54, 1.807) is 6.92 Å². The maximum atomic E-state index is 13.8. The Labute approximate surface area is 145 Å². The van der Waals surface area contributed by atoms with Gasteiger partial charge in [-0.05, 0) is 32.4 Å². The highest BCUT2D eigenvalue weighted by atomic mass is 32.2. The summed E-state index contributed by atoms with van der Waals surface area (Å²) in [7, 11) is -7.19. The number of aryl methyl sites for hydroxylation is 1. The van der Waals surface area contributed by atoms with Crippen LogP contribution in [0.2, 0.25) is 0 Å². The van der Waals surface area contributed by atoms with E-state index in [2.05, 4.69) is 9.82 Å². The number of halogens is 1. The topological polar surface area (TPSA) is 98.1 Å². The lowest BCUT2D eigenvalue weighted by molar-refractivity contribution is 0.484. The molecular formula is C15H18FN3O4S2. The SMILES string of the molecule is Cc1nn([C@H]2CCS(=O)(=O)C2)c(C)c1S(=O)(=O)Nc1ccccc1F. The molecule has 2 heterocycles. The second-order valence-corrected chi connectivity index (χ2v) is 9.93. The number of para-hydroxylation sites is 1. The molecule has 0 spiro atoms. The minimum atomic E-state index is -4.06. The van der Waals surface area contributed by atoms with E-state index in [4.69, 9.17) is 0 Å². The Morgan fingerprint density at radius 2 is 1.96 bits per heavy atom. The predicted octanol–water partition coefficient (Wildman–Crippen LogP) is 1.80. The molecule has 3 rings (SSSR count). The molecule has 0 bridgehead atoms. The van der Waals surface area contributed by atoms with Gasteiger partial charge in [0.15, 0.2) is 9.84 Å². The average Bonchev–Trinajstić information content (AvgIpc) is 3.00. The van der Waals surface area contributed by atoms with Gasteiger partial charge in [-0.3, -0.25) is 9.40 Å². The van der Waals surface area contributed by atoms with Gasteiger partial charge in [0, 0.05) is 0 Å². The number of sulfonamides is 1. The summed E-state index contributed by atoms with van der Waals surface area (Å²) in [6, 6.07) is 5.08. The zero-order chi connectivity index (χ0) is 18.4. The van der Waals surface area contributed by atoms with Gasteiger partial charge in [-0.15, -0.1) is 0 Å². The predicted molar refractivity (Wildman–Crippen MR) is 91.2 cm³/mol. The minimum Gasteiger partial charge on any atom is -0.277 e. The van der Waals surface area contributed by atoms with Gasteiger partial charge < -0.3 is 0 Å². The summed E-state index contributed by atoms with van der Waals surface area (Å²) in [5.41, 5.74) is 0.423. The maximum Gasteiger partial charge on any atom is 0.265 e. The number of hydrogen-bond donors (Lipinski definition) is 1. The standard InChI is InChI=1S/C15H18FN3O4S2/c1-10-15(25(22,23)18-14-6-4-3-5-13(14)16)11(2)19(17-10)12-7-8-24(20,21)9-12/h3-6,12,18H,7-9H2,1-2H3/t12-/m0/s1. The number of nitrogens with zero attached hydrogens (tertiary/aromatic N) is 2. The summed E-state index contributed by atoms with van der Waals surface area (Å²) in [5, 5.41) is 4.23. The molecule has 1 aromatic carbocycles. The summed E-state index contributed by atoms with van der Waals surface area (Å²) in [4.78, 5) is -0.0555. The van der Waals surface area contributed by atoms with E-state index in [0.29, 0.717) is 12.1 Å². The van der Waals surface area contributed by atoms with E-state index in [1.165, 1.54) is 29.8 Å². The van der Waals surface area contributed by atoms with E-state index in [0.717, 1.165) is 6.07 Å². The fourth-order valence-corrected chi connectivity index (χ4v) is 6.26. The number of benzene rings is 1. The molecule has 2 aromatic rings.